The molecular weight excluding hydrogens is 224 g/mol. The molecule has 0 aromatic carbocycles. The van der Waals surface area contributed by atoms with Gasteiger partial charge in [0.25, 0.3) is 0 Å². The monoisotopic (exact) mass is 238 g/mol. The van der Waals surface area contributed by atoms with E-state index < -0.39 is 11.9 Å². The van der Waals surface area contributed by atoms with Gasteiger partial charge in [-0.05, 0) is 25.4 Å². The molecule has 0 bridgehead atoms. The van der Waals surface area contributed by atoms with E-state index in [-0.39, 0.29) is 11.9 Å². The minimum Gasteiger partial charge on any atom is -0.335 e. The van der Waals surface area contributed by atoms with Crippen LogP contribution in [0.5, 0.6) is 0 Å². The van der Waals surface area contributed by atoms with Crippen LogP contribution in [-0.2, 0) is 4.79 Å². The van der Waals surface area contributed by atoms with Gasteiger partial charge in [-0.25, -0.2) is 4.79 Å². The Morgan fingerprint density at radius 3 is 2.64 bits per heavy atom. The number of imide groups is 1. The second-order valence-electron chi connectivity index (χ2n) is 2.84. The first-order valence-corrected chi connectivity index (χ1v) is 6.18. The lowest BCUT2D eigenvalue weighted by Gasteiger charge is -2.12. The van der Waals surface area contributed by atoms with Crippen LogP contribution in [0.15, 0.2) is 0 Å². The van der Waals surface area contributed by atoms with Gasteiger partial charge in [-0.15, -0.1) is 11.6 Å². The molecule has 0 saturated heterocycles. The van der Waals surface area contributed by atoms with Crippen LogP contribution in [0, 0.1) is 0 Å². The predicted molar refractivity (Wildman–Crippen MR) is 59.9 cm³/mol. The van der Waals surface area contributed by atoms with Crippen LogP contribution in [0.25, 0.3) is 0 Å². The number of urea groups is 1. The fraction of sp³-hybridized carbons (Fsp3) is 0.750. The first-order chi connectivity index (χ1) is 6.60. The minimum atomic E-state index is -0.485. The van der Waals surface area contributed by atoms with Gasteiger partial charge in [0.1, 0.15) is 5.88 Å². The van der Waals surface area contributed by atoms with Crippen LogP contribution in [0.2, 0.25) is 0 Å². The maximum absolute atomic E-state index is 11.1. The molecule has 0 aliphatic carbocycles. The number of halogens is 1. The third-order valence-electron chi connectivity index (χ3n) is 1.51. The molecule has 14 heavy (non-hydrogen) atoms. The van der Waals surface area contributed by atoms with Crippen molar-refractivity contribution in [3.05, 3.63) is 0 Å². The number of nitrogens with one attached hydrogen (secondary N) is 2. The summed E-state index contributed by atoms with van der Waals surface area (Å²) >= 11 is 6.94. The first-order valence-electron chi connectivity index (χ1n) is 4.25. The van der Waals surface area contributed by atoms with E-state index in [4.69, 9.17) is 11.6 Å². The van der Waals surface area contributed by atoms with Crippen molar-refractivity contribution in [1.82, 2.24) is 10.6 Å². The zero-order chi connectivity index (χ0) is 11.0. The molecule has 3 amide bonds. The molecule has 0 spiro atoms. The van der Waals surface area contributed by atoms with E-state index in [1.165, 1.54) is 0 Å². The van der Waals surface area contributed by atoms with Gasteiger partial charge in [-0.3, -0.25) is 10.1 Å². The summed E-state index contributed by atoms with van der Waals surface area (Å²) in [6.07, 6.45) is 2.88. The summed E-state index contributed by atoms with van der Waals surface area (Å²) < 4.78 is 0. The molecule has 4 nitrogen and oxygen atoms in total. The Morgan fingerprint density at radius 1 is 1.50 bits per heavy atom. The molecule has 0 aliphatic heterocycles. The lowest BCUT2D eigenvalue weighted by Crippen LogP contribution is -2.44. The topological polar surface area (TPSA) is 58.2 Å². The highest BCUT2D eigenvalue weighted by Gasteiger charge is 2.08. The molecule has 6 heteroatoms. The van der Waals surface area contributed by atoms with Gasteiger partial charge in [-0.2, -0.15) is 11.8 Å². The fourth-order valence-electron chi connectivity index (χ4n) is 0.787. The SMILES string of the molecule is CSCCC(C)NC(=O)NC(=O)CCl. The Hall–Kier alpha value is -0.420. The Labute approximate surface area is 93.1 Å². The third kappa shape index (κ3) is 7.03. The highest BCUT2D eigenvalue weighted by molar-refractivity contribution is 7.98. The number of hydrogen-bond donors (Lipinski definition) is 2. The van der Waals surface area contributed by atoms with E-state index in [9.17, 15) is 9.59 Å². The van der Waals surface area contributed by atoms with Crippen molar-refractivity contribution in [2.45, 2.75) is 19.4 Å². The van der Waals surface area contributed by atoms with Gasteiger partial charge >= 0.3 is 6.03 Å². The Morgan fingerprint density at radius 2 is 2.14 bits per heavy atom. The van der Waals surface area contributed by atoms with Crippen molar-refractivity contribution in [1.29, 1.82) is 0 Å². The summed E-state index contributed by atoms with van der Waals surface area (Å²) in [4.78, 5) is 21.8. The van der Waals surface area contributed by atoms with Crippen molar-refractivity contribution in [3.63, 3.8) is 0 Å². The van der Waals surface area contributed by atoms with E-state index >= 15 is 0 Å². The summed E-state index contributed by atoms with van der Waals surface area (Å²) in [7, 11) is 0. The number of rotatable bonds is 5. The predicted octanol–water partition coefficient (Wildman–Crippen LogP) is 1.19. The second-order valence-corrected chi connectivity index (χ2v) is 4.09. The van der Waals surface area contributed by atoms with E-state index in [2.05, 4.69) is 10.6 Å². The summed E-state index contributed by atoms with van der Waals surface area (Å²) in [6.45, 7) is 1.89. The van der Waals surface area contributed by atoms with Crippen LogP contribution in [0.3, 0.4) is 0 Å². The van der Waals surface area contributed by atoms with E-state index in [0.29, 0.717) is 0 Å². The zero-order valence-corrected chi connectivity index (χ0v) is 9.87. The molecule has 0 rings (SSSR count). The molecule has 0 heterocycles. The molecule has 1 unspecified atom stereocenters. The van der Waals surface area contributed by atoms with Crippen LogP contribution in [0.4, 0.5) is 4.79 Å². The average molecular weight is 239 g/mol. The molecule has 0 aliphatic rings. The normalized spacial score (nSPS) is 11.9. The van der Waals surface area contributed by atoms with Crippen LogP contribution < -0.4 is 10.6 Å². The van der Waals surface area contributed by atoms with Gasteiger partial charge in [-0.1, -0.05) is 0 Å². The van der Waals surface area contributed by atoms with Crippen molar-refractivity contribution in [2.75, 3.05) is 17.9 Å². The molecule has 0 aromatic heterocycles. The maximum Gasteiger partial charge on any atom is 0.321 e. The highest BCUT2D eigenvalue weighted by atomic mass is 35.5. The van der Waals surface area contributed by atoms with E-state index in [0.717, 1.165) is 12.2 Å². The lowest BCUT2D eigenvalue weighted by molar-refractivity contribution is -0.117. The van der Waals surface area contributed by atoms with E-state index in [1.807, 2.05) is 13.2 Å². The van der Waals surface area contributed by atoms with Crippen molar-refractivity contribution in [3.8, 4) is 0 Å². The van der Waals surface area contributed by atoms with Crippen LogP contribution >= 0.6 is 23.4 Å². The number of hydrogen-bond acceptors (Lipinski definition) is 3. The van der Waals surface area contributed by atoms with Gasteiger partial charge in [0.2, 0.25) is 5.91 Å². The van der Waals surface area contributed by atoms with Gasteiger partial charge in [0.05, 0.1) is 0 Å². The summed E-state index contributed by atoms with van der Waals surface area (Å²) in [5.74, 6) is 0.290. The lowest BCUT2D eigenvalue weighted by atomic mass is 10.3. The van der Waals surface area contributed by atoms with Crippen LogP contribution in [-0.4, -0.2) is 35.9 Å². The van der Waals surface area contributed by atoms with Crippen molar-refractivity contribution in [2.24, 2.45) is 0 Å². The first kappa shape index (κ1) is 13.6. The molecule has 0 fully saturated rings. The number of alkyl halides is 1. The number of thioether (sulfide) groups is 1. The Bertz CT molecular complexity index is 202. The maximum atomic E-state index is 11.1. The third-order valence-corrected chi connectivity index (χ3v) is 2.39. The molecule has 1 atom stereocenters. The van der Waals surface area contributed by atoms with Gasteiger partial charge < -0.3 is 5.32 Å². The Balaban J connectivity index is 3.65. The number of carbonyl (C=O) groups excluding carboxylic acids is 2. The molecule has 82 valence electrons. The second kappa shape index (κ2) is 7.94. The average Bonchev–Trinajstić information content (AvgIpc) is 2.14. The molecule has 2 N–H and O–H groups in total. The summed E-state index contributed by atoms with van der Waals surface area (Å²) in [6, 6.07) is -0.421. The molecule has 0 saturated carbocycles. The summed E-state index contributed by atoms with van der Waals surface area (Å²) in [5, 5.41) is 4.75. The summed E-state index contributed by atoms with van der Waals surface area (Å²) in [5.41, 5.74) is 0. The van der Waals surface area contributed by atoms with Crippen molar-refractivity contribution >= 4 is 35.3 Å². The zero-order valence-electron chi connectivity index (χ0n) is 8.30. The molecule has 0 aromatic rings. The minimum absolute atomic E-state index is 0.0607. The Kier molecular flexibility index (Phi) is 7.70. The quantitative estimate of drug-likeness (QED) is 0.708. The molecule has 0 radical (unpaired) electrons. The number of carbonyl (C=O) groups is 2. The highest BCUT2D eigenvalue weighted by Crippen LogP contribution is 1.99. The fourth-order valence-corrected chi connectivity index (χ4v) is 1.44. The molecular formula is C8H15ClN2O2S. The van der Waals surface area contributed by atoms with Crippen LogP contribution in [0.1, 0.15) is 13.3 Å². The van der Waals surface area contributed by atoms with Gasteiger partial charge in [0.15, 0.2) is 0 Å². The van der Waals surface area contributed by atoms with E-state index in [1.54, 1.807) is 11.8 Å². The largest absolute Gasteiger partial charge is 0.335 e. The standard InChI is InChI=1S/C8H15ClN2O2S/c1-6(3-4-14-2)10-8(13)11-7(12)5-9/h6H,3-5H2,1-2H3,(H2,10,11,12,13). The number of amides is 3. The smallest absolute Gasteiger partial charge is 0.321 e. The van der Waals surface area contributed by atoms with Crippen molar-refractivity contribution < 1.29 is 9.59 Å². The van der Waals surface area contributed by atoms with Gasteiger partial charge in [0, 0.05) is 6.04 Å².